The molecule has 168 valence electrons. The monoisotopic (exact) mass is 533 g/mol. The molecule has 0 spiro atoms. The van der Waals surface area contributed by atoms with E-state index in [9.17, 15) is 24.7 Å². The van der Waals surface area contributed by atoms with Crippen molar-refractivity contribution in [1.82, 2.24) is 25.4 Å². The van der Waals surface area contributed by atoms with Gasteiger partial charge in [0, 0.05) is 10.7 Å². The van der Waals surface area contributed by atoms with Crippen molar-refractivity contribution in [3.05, 3.63) is 25.6 Å². The molecule has 1 saturated heterocycles. The van der Waals surface area contributed by atoms with Gasteiger partial charge in [0.15, 0.2) is 15.2 Å². The number of hydrogen-bond acceptors (Lipinski definition) is 13. The number of nitrogens with two attached hydrogens (primary N) is 1. The first-order chi connectivity index (χ1) is 15.2. The fourth-order valence-corrected chi connectivity index (χ4v) is 7.35. The smallest absolute Gasteiger partial charge is 0.353 e. The molecule has 5 N–H and O–H groups in total. The predicted octanol–water partition coefficient (Wildman–Crippen LogP) is 1.21. The lowest BCUT2D eigenvalue weighted by atomic mass is 10.0. The van der Waals surface area contributed by atoms with Crippen LogP contribution in [0.3, 0.4) is 0 Å². The van der Waals surface area contributed by atoms with Crippen LogP contribution in [0.1, 0.15) is 10.7 Å². The summed E-state index contributed by atoms with van der Waals surface area (Å²) >= 11 is 10.6. The maximum atomic E-state index is 12.8. The molecule has 2 aliphatic heterocycles. The molecule has 0 unspecified atom stereocenters. The molecule has 4 heterocycles. The Balaban J connectivity index is 1.53. The number of rotatable bonds is 6. The number of carboxylic acids is 1. The fourth-order valence-electron chi connectivity index (χ4n) is 2.97. The Morgan fingerprint density at radius 3 is 2.69 bits per heavy atom. The fraction of sp³-hybridized carbons (Fsp3) is 0.267. The largest absolute Gasteiger partial charge is 0.477 e. The van der Waals surface area contributed by atoms with E-state index in [-0.39, 0.29) is 20.9 Å². The SMILES string of the molecule is Cc1nnc(SC2=C(C(=O)O)N3C(=O)[C@@H](NC(=O)/C(=N/O)c4nc(N)sc4Cl)[C@H]3SC2)s1. The first kappa shape index (κ1) is 22.8. The summed E-state index contributed by atoms with van der Waals surface area (Å²) in [6.07, 6.45) is 0. The molecule has 2 aromatic heterocycles. The number of nitrogens with zero attached hydrogens (tertiary/aromatic N) is 5. The number of thioether (sulfide) groups is 2. The van der Waals surface area contributed by atoms with Crippen LogP contribution in [0.25, 0.3) is 0 Å². The number of fused-ring (bicyclic) bond motifs is 1. The van der Waals surface area contributed by atoms with E-state index >= 15 is 0 Å². The van der Waals surface area contributed by atoms with Crippen molar-refractivity contribution in [2.24, 2.45) is 5.16 Å². The van der Waals surface area contributed by atoms with Crippen LogP contribution in [0.2, 0.25) is 4.34 Å². The summed E-state index contributed by atoms with van der Waals surface area (Å²) in [7, 11) is 0. The summed E-state index contributed by atoms with van der Waals surface area (Å²) in [5.41, 5.74) is 4.77. The van der Waals surface area contributed by atoms with Crippen molar-refractivity contribution in [3.8, 4) is 0 Å². The number of β-lactam (4-membered cyclic amide) rings is 1. The van der Waals surface area contributed by atoms with Gasteiger partial charge in [0.1, 0.15) is 32.2 Å². The maximum Gasteiger partial charge on any atom is 0.353 e. The third kappa shape index (κ3) is 4.03. The van der Waals surface area contributed by atoms with E-state index < -0.39 is 34.9 Å². The van der Waals surface area contributed by atoms with Crippen LogP contribution in [0.5, 0.6) is 0 Å². The number of anilines is 1. The zero-order chi connectivity index (χ0) is 23.2. The van der Waals surface area contributed by atoms with Crippen LogP contribution in [0.4, 0.5) is 5.13 Å². The quantitative estimate of drug-likeness (QED) is 0.181. The van der Waals surface area contributed by atoms with E-state index in [1.165, 1.54) is 23.1 Å². The molecule has 2 aromatic rings. The highest BCUT2D eigenvalue weighted by Crippen LogP contribution is 2.45. The van der Waals surface area contributed by atoms with E-state index in [0.717, 1.165) is 33.0 Å². The highest BCUT2D eigenvalue weighted by molar-refractivity contribution is 8.07. The second kappa shape index (κ2) is 8.86. The topological polar surface area (TPSA) is 184 Å². The number of aromatic nitrogens is 3. The van der Waals surface area contributed by atoms with Gasteiger partial charge in [-0.25, -0.2) is 9.78 Å². The Kier molecular flexibility index (Phi) is 6.30. The van der Waals surface area contributed by atoms with Gasteiger partial charge in [-0.2, -0.15) is 0 Å². The molecule has 1 fully saturated rings. The summed E-state index contributed by atoms with van der Waals surface area (Å²) in [6, 6.07) is -1.02. The van der Waals surface area contributed by atoms with Crippen molar-refractivity contribution in [3.63, 3.8) is 0 Å². The molecule has 12 nitrogen and oxygen atoms in total. The normalized spacial score (nSPS) is 20.8. The van der Waals surface area contributed by atoms with Crippen LogP contribution < -0.4 is 11.1 Å². The number of carbonyl (C=O) groups excluding carboxylic acids is 2. The van der Waals surface area contributed by atoms with Crippen LogP contribution in [-0.2, 0) is 14.4 Å². The summed E-state index contributed by atoms with van der Waals surface area (Å²) in [5, 5.41) is 32.4. The summed E-state index contributed by atoms with van der Waals surface area (Å²) in [4.78, 5) is 42.7. The molecule has 32 heavy (non-hydrogen) atoms. The number of nitrogens with one attached hydrogen (secondary N) is 1. The predicted molar refractivity (Wildman–Crippen MR) is 120 cm³/mol. The number of hydrogen-bond donors (Lipinski definition) is 4. The first-order valence-electron chi connectivity index (χ1n) is 8.55. The standard InChI is InChI=1S/C15H12ClN7O5S4/c1-3-20-21-15(30-3)31-4-2-29-12-7(11(25)23(12)8(4)13(26)27)18-10(24)6(22-28)5-9(16)32-14(17)19-5/h7,12,28H,2H2,1H3,(H2,17,19)(H,18,24)(H,26,27)/b22-6+/t7-,12-/m1/s1. The maximum absolute atomic E-state index is 12.8. The van der Waals surface area contributed by atoms with Crippen molar-refractivity contribution >= 4 is 86.4 Å². The average molecular weight is 534 g/mol. The number of aliphatic carboxylic acids is 1. The number of thiazole rings is 1. The molecule has 0 saturated carbocycles. The molecular weight excluding hydrogens is 522 g/mol. The van der Waals surface area contributed by atoms with Crippen LogP contribution in [0, 0.1) is 6.92 Å². The zero-order valence-electron chi connectivity index (χ0n) is 15.8. The van der Waals surface area contributed by atoms with E-state index in [1.807, 2.05) is 0 Å². The van der Waals surface area contributed by atoms with Crippen molar-refractivity contribution in [1.29, 1.82) is 0 Å². The second-order valence-corrected chi connectivity index (χ2v) is 11.5. The highest BCUT2D eigenvalue weighted by atomic mass is 35.5. The van der Waals surface area contributed by atoms with Gasteiger partial charge in [0.05, 0.1) is 0 Å². The number of carbonyl (C=O) groups is 3. The van der Waals surface area contributed by atoms with Gasteiger partial charge in [0.25, 0.3) is 11.8 Å². The van der Waals surface area contributed by atoms with Gasteiger partial charge in [-0.05, 0) is 6.92 Å². The summed E-state index contributed by atoms with van der Waals surface area (Å²) in [5.74, 6) is -2.48. The lowest BCUT2D eigenvalue weighted by Gasteiger charge is -2.49. The van der Waals surface area contributed by atoms with E-state index in [1.54, 1.807) is 6.92 Å². The van der Waals surface area contributed by atoms with Gasteiger partial charge in [0.2, 0.25) is 0 Å². The highest BCUT2D eigenvalue weighted by Gasteiger charge is 2.54. The minimum Gasteiger partial charge on any atom is -0.477 e. The van der Waals surface area contributed by atoms with Gasteiger partial charge in [-0.1, -0.05) is 51.2 Å². The van der Waals surface area contributed by atoms with Crippen LogP contribution >= 0.6 is 57.8 Å². The molecule has 17 heteroatoms. The van der Waals surface area contributed by atoms with Gasteiger partial charge >= 0.3 is 5.97 Å². The van der Waals surface area contributed by atoms with Crippen LogP contribution in [-0.4, -0.2) is 71.1 Å². The number of amides is 2. The summed E-state index contributed by atoms with van der Waals surface area (Å²) in [6.45, 7) is 1.78. The Bertz CT molecular complexity index is 1190. The van der Waals surface area contributed by atoms with Crippen molar-refractivity contribution in [2.45, 2.75) is 22.7 Å². The molecule has 2 aliphatic rings. The van der Waals surface area contributed by atoms with Gasteiger partial charge in [-0.15, -0.1) is 22.0 Å². The molecule has 4 rings (SSSR count). The van der Waals surface area contributed by atoms with Crippen molar-refractivity contribution in [2.75, 3.05) is 11.5 Å². The molecule has 0 bridgehead atoms. The van der Waals surface area contributed by atoms with E-state index in [0.29, 0.717) is 15.0 Å². The number of aryl methyl sites for hydroxylation is 1. The average Bonchev–Trinajstić information content (AvgIpc) is 3.30. The second-order valence-electron chi connectivity index (χ2n) is 6.25. The molecule has 2 atom stereocenters. The molecule has 0 radical (unpaired) electrons. The minimum absolute atomic E-state index is 0.0451. The lowest BCUT2D eigenvalue weighted by Crippen LogP contribution is -2.71. The lowest BCUT2D eigenvalue weighted by molar-refractivity contribution is -0.150. The third-order valence-corrected chi connectivity index (χ3v) is 8.80. The first-order valence-corrected chi connectivity index (χ1v) is 12.4. The minimum atomic E-state index is -1.26. The Morgan fingerprint density at radius 2 is 2.12 bits per heavy atom. The summed E-state index contributed by atoms with van der Waals surface area (Å²) < 4.78 is 0.611. The number of oxime groups is 1. The van der Waals surface area contributed by atoms with E-state index in [4.69, 9.17) is 17.3 Å². The number of nitrogen functional groups attached to an aromatic ring is 1. The van der Waals surface area contributed by atoms with Crippen molar-refractivity contribution < 1.29 is 24.7 Å². The molecule has 2 amide bonds. The van der Waals surface area contributed by atoms with Gasteiger partial charge in [-0.3, -0.25) is 14.5 Å². The zero-order valence-corrected chi connectivity index (χ0v) is 19.8. The Labute approximate surface area is 200 Å². The number of halogens is 1. The van der Waals surface area contributed by atoms with Crippen LogP contribution in [0.15, 0.2) is 20.1 Å². The third-order valence-electron chi connectivity index (χ3n) is 4.28. The Hall–Kier alpha value is -2.40. The molecule has 0 aliphatic carbocycles. The van der Waals surface area contributed by atoms with Gasteiger partial charge < -0.3 is 21.4 Å². The molecular formula is C15H12ClN7O5S4. The number of carboxylic acid groups (broad SMARTS) is 1. The van der Waals surface area contributed by atoms with E-state index in [2.05, 4.69) is 25.7 Å². The molecule has 0 aromatic carbocycles. The Morgan fingerprint density at radius 1 is 1.38 bits per heavy atom.